The fourth-order valence-corrected chi connectivity index (χ4v) is 6.62. The molecule has 2 atom stereocenters. The van der Waals surface area contributed by atoms with Gasteiger partial charge in [0.05, 0.1) is 33.3 Å². The van der Waals surface area contributed by atoms with Crippen molar-refractivity contribution in [1.82, 2.24) is 5.32 Å². The van der Waals surface area contributed by atoms with Crippen LogP contribution in [0.5, 0.6) is 11.5 Å². The number of benzene rings is 5. The molecule has 1 unspecified atom stereocenters. The number of halogens is 7. The second-order valence-electron chi connectivity index (χ2n) is 12.0. The summed E-state index contributed by atoms with van der Waals surface area (Å²) in [6, 6.07) is 24.8. The van der Waals surface area contributed by atoms with E-state index in [1.54, 1.807) is 42.5 Å². The summed E-state index contributed by atoms with van der Waals surface area (Å²) in [6.07, 6.45) is -12.4. The summed E-state index contributed by atoms with van der Waals surface area (Å²) in [5.41, 5.74) is -2.79. The first-order valence-electron chi connectivity index (χ1n) is 15.9. The van der Waals surface area contributed by atoms with Gasteiger partial charge in [0.2, 0.25) is 0 Å². The lowest BCUT2D eigenvalue weighted by Crippen LogP contribution is -2.46. The molecule has 5 aromatic carbocycles. The highest BCUT2D eigenvalue weighted by atomic mass is 35.5. The maximum absolute atomic E-state index is 13.6. The molecule has 3 N–H and O–H groups in total. The first-order valence-corrected chi connectivity index (χ1v) is 17.7. The molecule has 5 rings (SSSR count). The molecule has 0 aliphatic carbocycles. The number of sulfonamides is 1. The number of hydrogen-bond donors (Lipinski definition) is 3. The van der Waals surface area contributed by atoms with Crippen molar-refractivity contribution in [3.05, 3.63) is 143 Å². The molecule has 54 heavy (non-hydrogen) atoms. The van der Waals surface area contributed by atoms with Crippen molar-refractivity contribution >= 4 is 39.0 Å². The van der Waals surface area contributed by atoms with Crippen LogP contribution in [-0.2, 0) is 33.6 Å². The Morgan fingerprint density at radius 1 is 0.796 bits per heavy atom. The van der Waals surface area contributed by atoms with E-state index < -0.39 is 73.5 Å². The molecule has 0 aliphatic heterocycles. The van der Waals surface area contributed by atoms with Gasteiger partial charge in [-0.1, -0.05) is 72.3 Å². The zero-order valence-electron chi connectivity index (χ0n) is 27.9. The molecule has 5 aromatic rings. The van der Waals surface area contributed by atoms with E-state index in [0.717, 1.165) is 29.3 Å². The van der Waals surface area contributed by atoms with E-state index in [-0.39, 0.29) is 29.6 Å². The van der Waals surface area contributed by atoms with E-state index in [9.17, 15) is 49.5 Å². The fourth-order valence-electron chi connectivity index (χ4n) is 5.29. The van der Waals surface area contributed by atoms with Crippen molar-refractivity contribution < 1.29 is 54.2 Å². The number of para-hydroxylation sites is 2. The van der Waals surface area contributed by atoms with E-state index in [1.165, 1.54) is 6.92 Å². The lowest BCUT2D eigenvalue weighted by molar-refractivity contribution is -0.143. The highest BCUT2D eigenvalue weighted by Gasteiger charge is 2.38. The summed E-state index contributed by atoms with van der Waals surface area (Å²) in [5, 5.41) is 12.5. The smallest absolute Gasteiger partial charge is 0.416 e. The van der Waals surface area contributed by atoms with Gasteiger partial charge in [-0.2, -0.15) is 26.3 Å². The lowest BCUT2D eigenvalue weighted by atomic mass is 9.96. The van der Waals surface area contributed by atoms with E-state index >= 15 is 0 Å². The van der Waals surface area contributed by atoms with Gasteiger partial charge in [0.15, 0.2) is 5.78 Å². The van der Waals surface area contributed by atoms with Gasteiger partial charge in [-0.15, -0.1) is 0 Å². The Kier molecular flexibility index (Phi) is 11.7. The number of alkyl halides is 6. The zero-order chi connectivity index (χ0) is 39.4. The third-order valence-electron chi connectivity index (χ3n) is 7.97. The van der Waals surface area contributed by atoms with Crippen LogP contribution < -0.4 is 14.8 Å². The number of amides is 1. The highest BCUT2D eigenvalue weighted by Crippen LogP contribution is 2.38. The van der Waals surface area contributed by atoms with E-state index in [4.69, 9.17) is 16.3 Å². The molecule has 0 heterocycles. The molecule has 0 radical (unpaired) electrons. The van der Waals surface area contributed by atoms with Gasteiger partial charge < -0.3 is 15.2 Å². The second-order valence-corrected chi connectivity index (χ2v) is 14.1. The maximum Gasteiger partial charge on any atom is 0.416 e. The summed E-state index contributed by atoms with van der Waals surface area (Å²) in [4.78, 5) is 25.3. The molecule has 0 saturated heterocycles. The van der Waals surface area contributed by atoms with Gasteiger partial charge in [-0.05, 0) is 79.1 Å². The van der Waals surface area contributed by atoms with Crippen LogP contribution in [0.3, 0.4) is 0 Å². The Balaban J connectivity index is 1.41. The summed E-state index contributed by atoms with van der Waals surface area (Å²) in [6.45, 7) is 1.18. The number of ketones is 1. The van der Waals surface area contributed by atoms with Crippen molar-refractivity contribution in [2.24, 2.45) is 0 Å². The molecule has 8 nitrogen and oxygen atoms in total. The average molecular weight is 791 g/mol. The number of hydrogen-bond acceptors (Lipinski definition) is 6. The van der Waals surface area contributed by atoms with Crippen LogP contribution >= 0.6 is 11.6 Å². The predicted octanol–water partition coefficient (Wildman–Crippen LogP) is 8.93. The van der Waals surface area contributed by atoms with Crippen molar-refractivity contribution in [2.75, 3.05) is 4.72 Å². The Bertz CT molecular complexity index is 2230. The average Bonchev–Trinajstić information content (AvgIpc) is 3.11. The quantitative estimate of drug-likeness (QED) is 0.109. The summed E-state index contributed by atoms with van der Waals surface area (Å²) in [5.74, 6) is -0.717. The number of nitrogens with one attached hydrogen (secondary N) is 2. The molecule has 0 aromatic heterocycles. The summed E-state index contributed by atoms with van der Waals surface area (Å²) < 4.78 is 115. The van der Waals surface area contributed by atoms with Crippen molar-refractivity contribution in [3.8, 4) is 22.6 Å². The topological polar surface area (TPSA) is 122 Å². The number of carbonyl (C=O) groups excluding carboxylic acids is 2. The first kappa shape index (κ1) is 39.8. The van der Waals surface area contributed by atoms with Crippen LogP contribution in [0.25, 0.3) is 11.1 Å². The normalized spacial score (nSPS) is 13.1. The molecule has 0 aliphatic rings. The largest absolute Gasteiger partial charge is 0.457 e. The molecule has 0 spiro atoms. The highest BCUT2D eigenvalue weighted by molar-refractivity contribution is 7.92. The predicted molar refractivity (Wildman–Crippen MR) is 189 cm³/mol. The van der Waals surface area contributed by atoms with Crippen molar-refractivity contribution in [1.29, 1.82) is 0 Å². The fraction of sp³-hybridized carbons (Fsp3) is 0.158. The standard InChI is InChI=1S/C38H29ClF6N2O6S/c1-22(48)35(49)33(17-23-11-13-24(14-12-23)30-9-5-6-10-34(30)53-28-7-3-2-4-8-28)46-36(50)31-21-27(39)15-16-32(31)47-54(51,52)29-19-25(37(40,41)42)18-26(20-29)38(43,44)45/h2-16,18-22,33,47-48H,17H2,1H3,(H,46,50)/t22?,33-/m0/s1. The van der Waals surface area contributed by atoms with Gasteiger partial charge in [0, 0.05) is 10.6 Å². The summed E-state index contributed by atoms with van der Waals surface area (Å²) >= 11 is 6.07. The minimum atomic E-state index is -5.33. The number of ether oxygens (including phenoxy) is 1. The van der Waals surface area contributed by atoms with Gasteiger partial charge in [-0.3, -0.25) is 14.3 Å². The van der Waals surface area contributed by atoms with Gasteiger partial charge >= 0.3 is 12.4 Å². The molecule has 0 bridgehead atoms. The minimum Gasteiger partial charge on any atom is -0.457 e. The number of aliphatic hydroxyl groups is 1. The monoisotopic (exact) mass is 790 g/mol. The van der Waals surface area contributed by atoms with Crippen LogP contribution in [0.2, 0.25) is 5.02 Å². The maximum atomic E-state index is 13.6. The van der Waals surface area contributed by atoms with Crippen LogP contribution in [0, 0.1) is 0 Å². The van der Waals surface area contributed by atoms with Crippen LogP contribution in [-0.4, -0.2) is 37.4 Å². The summed E-state index contributed by atoms with van der Waals surface area (Å²) in [7, 11) is -5.19. The minimum absolute atomic E-state index is 0.0186. The third-order valence-corrected chi connectivity index (χ3v) is 9.55. The number of Topliss-reactive ketones (excluding diaryl/α,β-unsaturated/α-hetero) is 1. The molecule has 0 saturated carbocycles. The number of rotatable bonds is 12. The molecular weight excluding hydrogens is 762 g/mol. The lowest BCUT2D eigenvalue weighted by Gasteiger charge is -2.21. The Morgan fingerprint density at radius 3 is 1.98 bits per heavy atom. The van der Waals surface area contributed by atoms with Crippen molar-refractivity contribution in [3.63, 3.8) is 0 Å². The molecule has 282 valence electrons. The zero-order valence-corrected chi connectivity index (χ0v) is 29.4. The Labute approximate surface area is 310 Å². The molecular formula is C38H29ClF6N2O6S. The van der Waals surface area contributed by atoms with E-state index in [1.807, 2.05) is 41.1 Å². The molecule has 0 fully saturated rings. The number of anilines is 1. The molecule has 16 heteroatoms. The Hall–Kier alpha value is -5.38. The number of carbonyl (C=O) groups is 2. The Morgan fingerprint density at radius 2 is 1.39 bits per heavy atom. The van der Waals surface area contributed by atoms with Crippen molar-refractivity contribution in [2.45, 2.75) is 42.7 Å². The molecule has 1 amide bonds. The van der Waals surface area contributed by atoms with Gasteiger partial charge in [0.1, 0.15) is 17.6 Å². The van der Waals surface area contributed by atoms with Crippen LogP contribution in [0.15, 0.2) is 120 Å². The SMILES string of the molecule is CC(O)C(=O)[C@H](Cc1ccc(-c2ccccc2Oc2ccccc2)cc1)NC(=O)c1cc(Cl)ccc1NS(=O)(=O)c1cc(C(F)(F)F)cc(C(F)(F)F)c1. The van der Waals surface area contributed by atoms with Crippen LogP contribution in [0.1, 0.15) is 34.0 Å². The van der Waals surface area contributed by atoms with E-state index in [0.29, 0.717) is 17.1 Å². The third kappa shape index (κ3) is 9.78. The van der Waals surface area contributed by atoms with Gasteiger partial charge in [-0.25, -0.2) is 8.42 Å². The first-order chi connectivity index (χ1) is 25.3. The van der Waals surface area contributed by atoms with Crippen LogP contribution in [0.4, 0.5) is 32.0 Å². The second kappa shape index (κ2) is 15.9. The number of aliphatic hydroxyl groups excluding tert-OH is 1. The van der Waals surface area contributed by atoms with E-state index in [2.05, 4.69) is 5.32 Å². The van der Waals surface area contributed by atoms with Gasteiger partial charge in [0.25, 0.3) is 15.9 Å².